The topological polar surface area (TPSA) is 75.1 Å². The minimum absolute atomic E-state index is 0.106. The molecule has 2 rings (SSSR count). The molecule has 0 atom stereocenters. The van der Waals surface area contributed by atoms with Crippen molar-refractivity contribution >= 4 is 23.7 Å². The predicted molar refractivity (Wildman–Crippen MR) is 73.6 cm³/mol. The maximum atomic E-state index is 11.1. The number of aryl methyl sites for hydroxylation is 1. The lowest BCUT2D eigenvalue weighted by molar-refractivity contribution is 0.112. The quantitative estimate of drug-likeness (QED) is 0.640. The van der Waals surface area contributed by atoms with E-state index in [-0.39, 0.29) is 22.7 Å². The smallest absolute Gasteiger partial charge is 0.156 e. The zero-order valence-electron chi connectivity index (χ0n) is 10.9. The molecule has 2 N–H and O–H groups in total. The van der Waals surface area contributed by atoms with Gasteiger partial charge in [0.05, 0.1) is 12.2 Å². The number of halogens is 1. The van der Waals surface area contributed by atoms with Crippen LogP contribution in [-0.2, 0) is 0 Å². The maximum Gasteiger partial charge on any atom is 0.156 e. The van der Waals surface area contributed by atoms with E-state index in [0.717, 1.165) is 25.7 Å². The number of hydrogen-bond acceptors (Lipinski definition) is 5. The van der Waals surface area contributed by atoms with E-state index < -0.39 is 0 Å². The van der Waals surface area contributed by atoms with Gasteiger partial charge in [0.25, 0.3) is 0 Å². The summed E-state index contributed by atoms with van der Waals surface area (Å²) in [5, 5.41) is 12.9. The van der Waals surface area contributed by atoms with Gasteiger partial charge in [-0.15, -0.1) is 0 Å². The van der Waals surface area contributed by atoms with Crippen LogP contribution < -0.4 is 5.32 Å². The van der Waals surface area contributed by atoms with Crippen molar-refractivity contribution in [1.29, 1.82) is 0 Å². The Bertz CT molecular complexity index is 473. The molecule has 1 aromatic rings. The van der Waals surface area contributed by atoms with Crippen molar-refractivity contribution in [2.75, 3.05) is 18.5 Å². The molecular formula is C13H18ClN3O2. The highest BCUT2D eigenvalue weighted by atomic mass is 35.5. The maximum absolute atomic E-state index is 11.1. The van der Waals surface area contributed by atoms with Gasteiger partial charge in [-0.3, -0.25) is 4.79 Å². The Morgan fingerprint density at radius 1 is 1.42 bits per heavy atom. The largest absolute Gasteiger partial charge is 0.396 e. The van der Waals surface area contributed by atoms with Crippen LogP contribution in [0.1, 0.15) is 41.9 Å². The van der Waals surface area contributed by atoms with Crippen LogP contribution in [0.3, 0.4) is 0 Å². The van der Waals surface area contributed by atoms with Crippen molar-refractivity contribution in [3.05, 3.63) is 16.5 Å². The minimum atomic E-state index is -0.106. The molecule has 1 heterocycles. The second-order valence-electron chi connectivity index (χ2n) is 5.16. The van der Waals surface area contributed by atoms with Crippen molar-refractivity contribution in [3.63, 3.8) is 0 Å². The fraction of sp³-hybridized carbons (Fsp3) is 0.615. The van der Waals surface area contributed by atoms with E-state index in [2.05, 4.69) is 15.3 Å². The molecule has 104 valence electrons. The van der Waals surface area contributed by atoms with Crippen LogP contribution in [0.25, 0.3) is 0 Å². The highest BCUT2D eigenvalue weighted by Gasteiger charge is 2.33. The van der Waals surface area contributed by atoms with Gasteiger partial charge in [-0.2, -0.15) is 0 Å². The molecule has 1 aliphatic carbocycles. The highest BCUT2D eigenvalue weighted by molar-refractivity contribution is 6.32. The van der Waals surface area contributed by atoms with E-state index in [0.29, 0.717) is 24.5 Å². The van der Waals surface area contributed by atoms with Crippen LogP contribution in [0.5, 0.6) is 0 Å². The van der Waals surface area contributed by atoms with Crippen LogP contribution in [0.15, 0.2) is 0 Å². The summed E-state index contributed by atoms with van der Waals surface area (Å²) in [4.78, 5) is 19.2. The average molecular weight is 284 g/mol. The molecule has 0 saturated heterocycles. The molecule has 1 saturated carbocycles. The second kappa shape index (κ2) is 5.84. The molecule has 0 bridgehead atoms. The molecule has 0 unspecified atom stereocenters. The normalized spacial score (nSPS) is 17.4. The van der Waals surface area contributed by atoms with Crippen molar-refractivity contribution in [2.24, 2.45) is 5.41 Å². The van der Waals surface area contributed by atoms with E-state index in [4.69, 9.17) is 11.6 Å². The summed E-state index contributed by atoms with van der Waals surface area (Å²) in [5.74, 6) is 0.967. The molecule has 0 aliphatic heterocycles. The lowest BCUT2D eigenvalue weighted by Crippen LogP contribution is -2.31. The first-order valence-corrected chi connectivity index (χ1v) is 6.82. The number of nitrogens with one attached hydrogen (secondary N) is 1. The molecule has 0 aromatic carbocycles. The van der Waals surface area contributed by atoms with Crippen molar-refractivity contribution in [1.82, 2.24) is 9.97 Å². The van der Waals surface area contributed by atoms with E-state index in [1.54, 1.807) is 6.92 Å². The average Bonchev–Trinajstić information content (AvgIpc) is 2.85. The molecule has 1 fully saturated rings. The molecule has 1 aliphatic rings. The molecule has 19 heavy (non-hydrogen) atoms. The number of hydrogen-bond donors (Lipinski definition) is 2. The van der Waals surface area contributed by atoms with Crippen molar-refractivity contribution < 1.29 is 9.90 Å². The van der Waals surface area contributed by atoms with E-state index in [1.807, 2.05) is 0 Å². The van der Waals surface area contributed by atoms with Gasteiger partial charge < -0.3 is 10.4 Å². The first-order valence-electron chi connectivity index (χ1n) is 6.44. The summed E-state index contributed by atoms with van der Waals surface area (Å²) in [6.45, 7) is 2.47. The van der Waals surface area contributed by atoms with Gasteiger partial charge in [0, 0.05) is 12.0 Å². The molecule has 6 heteroatoms. The number of aldehydes is 1. The van der Waals surface area contributed by atoms with Crippen LogP contribution >= 0.6 is 11.6 Å². The van der Waals surface area contributed by atoms with Gasteiger partial charge >= 0.3 is 0 Å². The summed E-state index contributed by atoms with van der Waals surface area (Å²) in [6, 6.07) is 0. The van der Waals surface area contributed by atoms with Crippen LogP contribution in [0, 0.1) is 12.3 Å². The van der Waals surface area contributed by atoms with Crippen LogP contribution in [0.2, 0.25) is 5.15 Å². The third-order valence-corrected chi connectivity index (χ3v) is 4.05. The minimum Gasteiger partial charge on any atom is -0.396 e. The standard InChI is InChI=1S/C13H18ClN3O2/c1-9-16-11(14)10(6-18)12(17-9)15-7-13(8-19)4-2-3-5-13/h6,19H,2-5,7-8H2,1H3,(H,15,16,17). The fourth-order valence-corrected chi connectivity index (χ4v) is 2.83. The molecule has 0 amide bonds. The number of anilines is 1. The summed E-state index contributed by atoms with van der Waals surface area (Å²) < 4.78 is 0. The van der Waals surface area contributed by atoms with Gasteiger partial charge in [-0.05, 0) is 19.8 Å². The number of rotatable bonds is 5. The third-order valence-electron chi connectivity index (χ3n) is 3.76. The van der Waals surface area contributed by atoms with Gasteiger partial charge in [0.1, 0.15) is 16.8 Å². The lowest BCUT2D eigenvalue weighted by Gasteiger charge is -2.27. The van der Waals surface area contributed by atoms with Crippen molar-refractivity contribution in [2.45, 2.75) is 32.6 Å². The SMILES string of the molecule is Cc1nc(Cl)c(C=O)c(NCC2(CO)CCCC2)n1. The number of aliphatic hydroxyl groups excluding tert-OH is 1. The number of aromatic nitrogens is 2. The van der Waals surface area contributed by atoms with Gasteiger partial charge in [-0.1, -0.05) is 24.4 Å². The Labute approximate surface area is 117 Å². The molecule has 0 spiro atoms. The molecule has 0 radical (unpaired) electrons. The summed E-state index contributed by atoms with van der Waals surface area (Å²) in [5.41, 5.74) is 0.171. The Balaban J connectivity index is 2.17. The van der Waals surface area contributed by atoms with Crippen molar-refractivity contribution in [3.8, 4) is 0 Å². The van der Waals surface area contributed by atoms with E-state index >= 15 is 0 Å². The number of carbonyl (C=O) groups excluding carboxylic acids is 1. The molecule has 5 nitrogen and oxygen atoms in total. The Kier molecular flexibility index (Phi) is 4.37. The molecular weight excluding hydrogens is 266 g/mol. The van der Waals surface area contributed by atoms with Gasteiger partial charge in [0.15, 0.2) is 6.29 Å². The second-order valence-corrected chi connectivity index (χ2v) is 5.52. The third kappa shape index (κ3) is 3.04. The fourth-order valence-electron chi connectivity index (χ4n) is 2.57. The molecule has 1 aromatic heterocycles. The number of nitrogens with zero attached hydrogens (tertiary/aromatic N) is 2. The van der Waals surface area contributed by atoms with Crippen LogP contribution in [-0.4, -0.2) is 34.5 Å². The lowest BCUT2D eigenvalue weighted by atomic mass is 9.87. The Hall–Kier alpha value is -1.20. The first kappa shape index (κ1) is 14.2. The van der Waals surface area contributed by atoms with E-state index in [1.165, 1.54) is 0 Å². The van der Waals surface area contributed by atoms with Gasteiger partial charge in [-0.25, -0.2) is 9.97 Å². The van der Waals surface area contributed by atoms with Gasteiger partial charge in [0.2, 0.25) is 0 Å². The number of carbonyl (C=O) groups is 1. The summed E-state index contributed by atoms with van der Waals surface area (Å²) in [7, 11) is 0. The first-order chi connectivity index (χ1) is 9.10. The monoisotopic (exact) mass is 283 g/mol. The predicted octanol–water partition coefficient (Wildman–Crippen LogP) is 2.22. The van der Waals surface area contributed by atoms with Crippen LogP contribution in [0.4, 0.5) is 5.82 Å². The highest BCUT2D eigenvalue weighted by Crippen LogP contribution is 2.37. The Morgan fingerprint density at radius 3 is 2.68 bits per heavy atom. The zero-order valence-corrected chi connectivity index (χ0v) is 11.7. The van der Waals surface area contributed by atoms with E-state index in [9.17, 15) is 9.90 Å². The summed E-state index contributed by atoms with van der Waals surface area (Å²) >= 11 is 5.93. The summed E-state index contributed by atoms with van der Waals surface area (Å²) in [6.07, 6.45) is 4.90. The number of aliphatic hydroxyl groups is 1. The zero-order chi connectivity index (χ0) is 13.9. The Morgan fingerprint density at radius 2 is 2.11 bits per heavy atom.